The van der Waals surface area contributed by atoms with Crippen LogP contribution in [0.5, 0.6) is 0 Å². The van der Waals surface area contributed by atoms with E-state index in [-0.39, 0.29) is 0 Å². The minimum absolute atomic E-state index is 0.405. The predicted molar refractivity (Wildman–Crippen MR) is 94.0 cm³/mol. The molecule has 2 N–H and O–H groups in total. The standard InChI is InChI=1S/C18H21N5O2/c24-15-11-22(9-10-23(12-15)14-3-6-19-7-4-14)13-16-1-2-18(25-16)17-5-8-20-21-17/h1-8,15,24H,9-13H2,(H,20,21)/t15-/m1/s1. The van der Waals surface area contributed by atoms with Gasteiger partial charge in [-0.3, -0.25) is 15.0 Å². The lowest BCUT2D eigenvalue weighted by atomic mass is 10.3. The first-order valence-corrected chi connectivity index (χ1v) is 8.42. The van der Waals surface area contributed by atoms with Gasteiger partial charge in [0.2, 0.25) is 0 Å². The lowest BCUT2D eigenvalue weighted by molar-refractivity contribution is 0.125. The first-order valence-electron chi connectivity index (χ1n) is 8.42. The summed E-state index contributed by atoms with van der Waals surface area (Å²) in [4.78, 5) is 8.48. The second-order valence-electron chi connectivity index (χ2n) is 6.28. The van der Waals surface area contributed by atoms with E-state index >= 15 is 0 Å². The number of hydrogen-bond acceptors (Lipinski definition) is 6. The van der Waals surface area contributed by atoms with E-state index in [2.05, 4.69) is 25.0 Å². The maximum Gasteiger partial charge on any atom is 0.152 e. The third-order valence-electron chi connectivity index (χ3n) is 4.42. The Morgan fingerprint density at radius 1 is 1.08 bits per heavy atom. The largest absolute Gasteiger partial charge is 0.458 e. The Morgan fingerprint density at radius 3 is 2.76 bits per heavy atom. The molecule has 7 heteroatoms. The van der Waals surface area contributed by atoms with Crippen LogP contribution in [0.15, 0.2) is 53.3 Å². The van der Waals surface area contributed by atoms with Crippen LogP contribution in [0.2, 0.25) is 0 Å². The molecular formula is C18H21N5O2. The molecule has 0 spiro atoms. The maximum absolute atomic E-state index is 10.4. The van der Waals surface area contributed by atoms with Gasteiger partial charge in [0.15, 0.2) is 5.76 Å². The van der Waals surface area contributed by atoms with Crippen LogP contribution in [0.1, 0.15) is 5.76 Å². The minimum Gasteiger partial charge on any atom is -0.458 e. The van der Waals surface area contributed by atoms with Gasteiger partial charge >= 0.3 is 0 Å². The summed E-state index contributed by atoms with van der Waals surface area (Å²) >= 11 is 0. The van der Waals surface area contributed by atoms with E-state index in [9.17, 15) is 5.11 Å². The van der Waals surface area contributed by atoms with Crippen LogP contribution >= 0.6 is 0 Å². The molecule has 0 saturated carbocycles. The first kappa shape index (κ1) is 15.9. The highest BCUT2D eigenvalue weighted by atomic mass is 16.3. The maximum atomic E-state index is 10.4. The zero-order valence-corrected chi connectivity index (χ0v) is 13.9. The second-order valence-corrected chi connectivity index (χ2v) is 6.28. The van der Waals surface area contributed by atoms with Gasteiger partial charge in [-0.15, -0.1) is 0 Å². The fourth-order valence-corrected chi connectivity index (χ4v) is 3.21. The zero-order chi connectivity index (χ0) is 17.1. The molecule has 0 radical (unpaired) electrons. The molecule has 0 aliphatic carbocycles. The highest BCUT2D eigenvalue weighted by Crippen LogP contribution is 2.21. The summed E-state index contributed by atoms with van der Waals surface area (Å²) in [5, 5.41) is 17.2. The topological polar surface area (TPSA) is 81.4 Å². The number of aromatic nitrogens is 3. The van der Waals surface area contributed by atoms with Gasteiger partial charge in [-0.05, 0) is 30.3 Å². The summed E-state index contributed by atoms with van der Waals surface area (Å²) in [5.41, 5.74) is 1.96. The van der Waals surface area contributed by atoms with Crippen LogP contribution in [-0.4, -0.2) is 57.5 Å². The number of aliphatic hydroxyl groups is 1. The average Bonchev–Trinajstić information content (AvgIpc) is 3.27. The highest BCUT2D eigenvalue weighted by Gasteiger charge is 2.22. The van der Waals surface area contributed by atoms with E-state index in [1.807, 2.05) is 30.3 Å². The monoisotopic (exact) mass is 339 g/mol. The molecule has 1 aliphatic heterocycles. The number of pyridine rings is 1. The third-order valence-corrected chi connectivity index (χ3v) is 4.42. The van der Waals surface area contributed by atoms with Gasteiger partial charge in [0.1, 0.15) is 11.5 Å². The predicted octanol–water partition coefficient (Wildman–Crippen LogP) is 1.75. The van der Waals surface area contributed by atoms with E-state index in [1.54, 1.807) is 18.6 Å². The quantitative estimate of drug-likeness (QED) is 0.754. The fourth-order valence-electron chi connectivity index (χ4n) is 3.21. The number of aliphatic hydroxyl groups excluding tert-OH is 1. The SMILES string of the molecule is O[C@@H]1CN(Cc2ccc(-c3ccn[nH]3)o2)CCN(c2ccncc2)C1. The van der Waals surface area contributed by atoms with Crippen LogP contribution in [-0.2, 0) is 6.54 Å². The highest BCUT2D eigenvalue weighted by molar-refractivity contribution is 5.51. The first-order chi connectivity index (χ1) is 12.3. The van der Waals surface area contributed by atoms with Crippen molar-refractivity contribution < 1.29 is 9.52 Å². The van der Waals surface area contributed by atoms with Crippen molar-refractivity contribution in [3.05, 3.63) is 54.7 Å². The van der Waals surface area contributed by atoms with Gasteiger partial charge in [0, 0.05) is 50.5 Å². The summed E-state index contributed by atoms with van der Waals surface area (Å²) in [6, 6.07) is 9.76. The number of β-amino-alcohol motifs (C(OH)–C–C–N with tert-alkyl or cyclic N) is 1. The number of aromatic amines is 1. The molecule has 25 heavy (non-hydrogen) atoms. The Kier molecular flexibility index (Phi) is 4.49. The number of anilines is 1. The van der Waals surface area contributed by atoms with E-state index in [4.69, 9.17) is 4.42 Å². The summed E-state index contributed by atoms with van der Waals surface area (Å²) in [7, 11) is 0. The van der Waals surface area contributed by atoms with Crippen LogP contribution in [0, 0.1) is 0 Å². The molecule has 0 unspecified atom stereocenters. The summed E-state index contributed by atoms with van der Waals surface area (Å²) < 4.78 is 5.90. The third kappa shape index (κ3) is 3.72. The van der Waals surface area contributed by atoms with Crippen molar-refractivity contribution in [2.75, 3.05) is 31.1 Å². The van der Waals surface area contributed by atoms with Crippen LogP contribution in [0.4, 0.5) is 5.69 Å². The Bertz CT molecular complexity index is 787. The number of rotatable bonds is 4. The van der Waals surface area contributed by atoms with Crippen LogP contribution in [0.25, 0.3) is 11.5 Å². The van der Waals surface area contributed by atoms with Gasteiger partial charge in [-0.1, -0.05) is 0 Å². The molecule has 0 bridgehead atoms. The van der Waals surface area contributed by atoms with E-state index < -0.39 is 6.10 Å². The lowest BCUT2D eigenvalue weighted by Crippen LogP contribution is -2.33. The van der Waals surface area contributed by atoms with Crippen molar-refractivity contribution in [3.63, 3.8) is 0 Å². The molecule has 4 heterocycles. The number of hydrogen-bond donors (Lipinski definition) is 2. The minimum atomic E-state index is -0.405. The van der Waals surface area contributed by atoms with E-state index in [1.165, 1.54) is 0 Å². The van der Waals surface area contributed by atoms with Gasteiger partial charge in [0.05, 0.1) is 12.6 Å². The smallest absolute Gasteiger partial charge is 0.152 e. The molecular weight excluding hydrogens is 318 g/mol. The molecule has 4 rings (SSSR count). The summed E-state index contributed by atoms with van der Waals surface area (Å²) in [6.07, 6.45) is 4.86. The van der Waals surface area contributed by atoms with Crippen molar-refractivity contribution in [2.24, 2.45) is 0 Å². The van der Waals surface area contributed by atoms with Gasteiger partial charge in [0.25, 0.3) is 0 Å². The average molecular weight is 339 g/mol. The molecule has 1 fully saturated rings. The van der Waals surface area contributed by atoms with Gasteiger partial charge in [-0.25, -0.2) is 0 Å². The normalized spacial score (nSPS) is 19.1. The Hall–Kier alpha value is -2.64. The van der Waals surface area contributed by atoms with E-state index in [0.29, 0.717) is 19.6 Å². The van der Waals surface area contributed by atoms with Gasteiger partial charge < -0.3 is 14.4 Å². The number of nitrogens with zero attached hydrogens (tertiary/aromatic N) is 4. The Labute approximate surface area is 145 Å². The molecule has 1 atom stereocenters. The number of H-pyrrole nitrogens is 1. The molecule has 7 nitrogen and oxygen atoms in total. The van der Waals surface area contributed by atoms with Gasteiger partial charge in [-0.2, -0.15) is 5.10 Å². The number of nitrogens with one attached hydrogen (secondary N) is 1. The van der Waals surface area contributed by atoms with Crippen molar-refractivity contribution in [3.8, 4) is 11.5 Å². The van der Waals surface area contributed by atoms with Crippen molar-refractivity contribution in [1.29, 1.82) is 0 Å². The molecule has 1 saturated heterocycles. The van der Waals surface area contributed by atoms with Crippen LogP contribution < -0.4 is 4.90 Å². The molecule has 3 aromatic rings. The summed E-state index contributed by atoms with van der Waals surface area (Å²) in [5.74, 6) is 1.66. The zero-order valence-electron chi connectivity index (χ0n) is 13.9. The Balaban J connectivity index is 1.42. The molecule has 1 aliphatic rings. The molecule has 0 aromatic carbocycles. The van der Waals surface area contributed by atoms with Crippen molar-refractivity contribution in [1.82, 2.24) is 20.1 Å². The fraction of sp³-hybridized carbons (Fsp3) is 0.333. The second kappa shape index (κ2) is 7.08. The molecule has 0 amide bonds. The molecule has 3 aromatic heterocycles. The Morgan fingerprint density at radius 2 is 1.96 bits per heavy atom. The van der Waals surface area contributed by atoms with E-state index in [0.717, 1.165) is 36.0 Å². The number of furan rings is 1. The molecule has 130 valence electrons. The van der Waals surface area contributed by atoms with Crippen LogP contribution in [0.3, 0.4) is 0 Å². The lowest BCUT2D eigenvalue weighted by Gasteiger charge is -2.23. The van der Waals surface area contributed by atoms with Crippen molar-refractivity contribution in [2.45, 2.75) is 12.6 Å². The van der Waals surface area contributed by atoms with Crippen molar-refractivity contribution >= 4 is 5.69 Å². The summed E-state index contributed by atoms with van der Waals surface area (Å²) in [6.45, 7) is 3.64.